The van der Waals surface area contributed by atoms with Crippen molar-refractivity contribution in [2.75, 3.05) is 5.32 Å². The van der Waals surface area contributed by atoms with Crippen molar-refractivity contribution in [3.63, 3.8) is 0 Å². The van der Waals surface area contributed by atoms with Gasteiger partial charge in [0.15, 0.2) is 5.54 Å². The first-order valence-electron chi connectivity index (χ1n) is 6.37. The van der Waals surface area contributed by atoms with Gasteiger partial charge in [0.05, 0.1) is 11.9 Å². The number of nitrogens with one attached hydrogen (secondary N) is 1. The molecule has 21 heavy (non-hydrogen) atoms. The third-order valence-electron chi connectivity index (χ3n) is 3.24. The number of carboxylic acid groups (broad SMARTS) is 1. The maximum Gasteiger partial charge on any atom is 0.335 e. The zero-order chi connectivity index (χ0) is 15.5. The van der Waals surface area contributed by atoms with Crippen LogP contribution in [0.5, 0.6) is 0 Å². The number of carbonyl (C=O) groups is 1. The first-order chi connectivity index (χ1) is 9.98. The third-order valence-corrected chi connectivity index (χ3v) is 3.24. The number of aromatic nitrogens is 1. The molecule has 0 bridgehead atoms. The number of aliphatic carboxylic acids is 1. The molecule has 1 unspecified atom stereocenters. The maximum atomic E-state index is 13.3. The van der Waals surface area contributed by atoms with Crippen LogP contribution in [0, 0.1) is 11.6 Å². The predicted molar refractivity (Wildman–Crippen MR) is 73.8 cm³/mol. The van der Waals surface area contributed by atoms with Crippen LogP contribution >= 0.6 is 0 Å². The molecule has 2 N–H and O–H groups in total. The van der Waals surface area contributed by atoms with E-state index in [9.17, 15) is 18.7 Å². The highest BCUT2D eigenvalue weighted by atomic mass is 19.1. The van der Waals surface area contributed by atoms with Crippen molar-refractivity contribution in [3.8, 4) is 0 Å². The largest absolute Gasteiger partial charge is 0.479 e. The van der Waals surface area contributed by atoms with Crippen molar-refractivity contribution in [2.24, 2.45) is 0 Å². The minimum atomic E-state index is -1.55. The highest BCUT2D eigenvalue weighted by Gasteiger charge is 2.40. The number of hydrogen-bond donors (Lipinski definition) is 2. The molecular formula is C15H14F2N2O2. The van der Waals surface area contributed by atoms with E-state index in [0.29, 0.717) is 5.69 Å². The third kappa shape index (κ3) is 2.99. The van der Waals surface area contributed by atoms with E-state index in [-0.39, 0.29) is 12.1 Å². The van der Waals surface area contributed by atoms with Crippen molar-refractivity contribution < 1.29 is 18.7 Å². The summed E-state index contributed by atoms with van der Waals surface area (Å²) in [6, 6.07) is 7.92. The standard InChI is InChI=1S/C15H14F2N2O2/c1-2-15(14(20)21,13-7-6-11(17)9-18-13)19-12-5-3-4-10(16)8-12/h3-9,19H,2H2,1H3,(H,20,21). The Bertz CT molecular complexity index is 646. The Morgan fingerprint density at radius 1 is 1.29 bits per heavy atom. The number of carboxylic acids is 1. The van der Waals surface area contributed by atoms with Gasteiger partial charge in [-0.3, -0.25) is 4.98 Å². The predicted octanol–water partition coefficient (Wildman–Crippen LogP) is 3.16. The van der Waals surface area contributed by atoms with Crippen molar-refractivity contribution in [3.05, 3.63) is 59.9 Å². The molecular weight excluding hydrogens is 278 g/mol. The molecule has 1 aromatic carbocycles. The zero-order valence-corrected chi connectivity index (χ0v) is 11.3. The van der Waals surface area contributed by atoms with E-state index >= 15 is 0 Å². The molecule has 6 heteroatoms. The molecule has 4 nitrogen and oxygen atoms in total. The topological polar surface area (TPSA) is 62.2 Å². The van der Waals surface area contributed by atoms with Gasteiger partial charge in [-0.2, -0.15) is 0 Å². The smallest absolute Gasteiger partial charge is 0.335 e. The summed E-state index contributed by atoms with van der Waals surface area (Å²) in [4.78, 5) is 15.6. The summed E-state index contributed by atoms with van der Waals surface area (Å²) in [5.74, 6) is -2.21. The Labute approximate surface area is 120 Å². The lowest BCUT2D eigenvalue weighted by Crippen LogP contribution is -2.43. The van der Waals surface area contributed by atoms with Gasteiger partial charge >= 0.3 is 5.97 Å². The minimum absolute atomic E-state index is 0.150. The number of benzene rings is 1. The number of hydrogen-bond acceptors (Lipinski definition) is 3. The van der Waals surface area contributed by atoms with E-state index in [0.717, 1.165) is 12.3 Å². The van der Waals surface area contributed by atoms with Crippen LogP contribution in [0.1, 0.15) is 19.0 Å². The molecule has 1 heterocycles. The van der Waals surface area contributed by atoms with Gasteiger partial charge in [-0.1, -0.05) is 13.0 Å². The number of rotatable bonds is 5. The normalized spacial score (nSPS) is 13.5. The second-order valence-corrected chi connectivity index (χ2v) is 4.56. The average Bonchev–Trinajstić information content (AvgIpc) is 2.45. The molecule has 0 saturated carbocycles. The van der Waals surface area contributed by atoms with Crippen LogP contribution in [-0.4, -0.2) is 16.1 Å². The van der Waals surface area contributed by atoms with Gasteiger partial charge in [0.1, 0.15) is 11.6 Å². The molecule has 2 rings (SSSR count). The number of nitrogens with zero attached hydrogens (tertiary/aromatic N) is 1. The molecule has 0 spiro atoms. The summed E-state index contributed by atoms with van der Waals surface area (Å²) in [6.07, 6.45) is 1.10. The van der Waals surface area contributed by atoms with E-state index in [1.165, 1.54) is 24.3 Å². The van der Waals surface area contributed by atoms with Crippen LogP contribution in [0.15, 0.2) is 42.6 Å². The number of anilines is 1. The van der Waals surface area contributed by atoms with Crippen LogP contribution in [0.2, 0.25) is 0 Å². The molecule has 0 aliphatic heterocycles. The Balaban J connectivity index is 2.46. The van der Waals surface area contributed by atoms with Gasteiger partial charge in [-0.25, -0.2) is 13.6 Å². The number of halogens is 2. The summed E-state index contributed by atoms with van der Waals surface area (Å²) in [7, 11) is 0. The fourth-order valence-corrected chi connectivity index (χ4v) is 2.09. The second-order valence-electron chi connectivity index (χ2n) is 4.56. The Kier molecular flexibility index (Phi) is 4.16. The summed E-state index contributed by atoms with van der Waals surface area (Å²) in [6.45, 7) is 1.66. The molecule has 0 saturated heterocycles. The molecule has 0 radical (unpaired) electrons. The summed E-state index contributed by atoms with van der Waals surface area (Å²) < 4.78 is 26.2. The maximum absolute atomic E-state index is 13.3. The molecule has 2 aromatic rings. The lowest BCUT2D eigenvalue weighted by molar-refractivity contribution is -0.143. The molecule has 110 valence electrons. The molecule has 0 amide bonds. The van der Waals surface area contributed by atoms with Gasteiger partial charge in [0, 0.05) is 5.69 Å². The van der Waals surface area contributed by atoms with Gasteiger partial charge < -0.3 is 10.4 Å². The Morgan fingerprint density at radius 2 is 2.05 bits per heavy atom. The molecule has 0 aliphatic rings. The van der Waals surface area contributed by atoms with Gasteiger partial charge in [0.25, 0.3) is 0 Å². The number of pyridine rings is 1. The SMILES string of the molecule is CCC(Nc1cccc(F)c1)(C(=O)O)c1ccc(F)cn1. The lowest BCUT2D eigenvalue weighted by Gasteiger charge is -2.30. The Hall–Kier alpha value is -2.50. The van der Waals surface area contributed by atoms with Crippen LogP contribution in [-0.2, 0) is 10.3 Å². The Morgan fingerprint density at radius 3 is 2.57 bits per heavy atom. The first-order valence-corrected chi connectivity index (χ1v) is 6.37. The van der Waals surface area contributed by atoms with Gasteiger partial charge in [-0.05, 0) is 36.8 Å². The molecule has 1 atom stereocenters. The van der Waals surface area contributed by atoms with E-state index in [4.69, 9.17) is 0 Å². The highest BCUT2D eigenvalue weighted by Crippen LogP contribution is 2.29. The van der Waals surface area contributed by atoms with Crippen LogP contribution in [0.4, 0.5) is 14.5 Å². The summed E-state index contributed by atoms with van der Waals surface area (Å²) in [5, 5.41) is 12.4. The van der Waals surface area contributed by atoms with Crippen molar-refractivity contribution >= 4 is 11.7 Å². The quantitative estimate of drug-likeness (QED) is 0.888. The van der Waals surface area contributed by atoms with Gasteiger partial charge in [-0.15, -0.1) is 0 Å². The van der Waals surface area contributed by atoms with E-state index < -0.39 is 23.1 Å². The molecule has 0 fully saturated rings. The highest BCUT2D eigenvalue weighted by molar-refractivity contribution is 5.84. The summed E-state index contributed by atoms with van der Waals surface area (Å²) >= 11 is 0. The fraction of sp³-hybridized carbons (Fsp3) is 0.200. The summed E-state index contributed by atoms with van der Waals surface area (Å²) in [5.41, 5.74) is -1.09. The van der Waals surface area contributed by atoms with E-state index in [1.807, 2.05) is 0 Å². The minimum Gasteiger partial charge on any atom is -0.479 e. The van der Waals surface area contributed by atoms with Crippen molar-refractivity contribution in [1.82, 2.24) is 4.98 Å². The van der Waals surface area contributed by atoms with Crippen LogP contribution < -0.4 is 5.32 Å². The van der Waals surface area contributed by atoms with Crippen LogP contribution in [0.3, 0.4) is 0 Å². The monoisotopic (exact) mass is 292 g/mol. The molecule has 0 aliphatic carbocycles. The zero-order valence-electron chi connectivity index (χ0n) is 11.3. The lowest BCUT2D eigenvalue weighted by atomic mass is 9.91. The van der Waals surface area contributed by atoms with E-state index in [2.05, 4.69) is 10.3 Å². The van der Waals surface area contributed by atoms with Crippen LogP contribution in [0.25, 0.3) is 0 Å². The fourth-order valence-electron chi connectivity index (χ4n) is 2.09. The van der Waals surface area contributed by atoms with Gasteiger partial charge in [0.2, 0.25) is 0 Å². The molecule has 1 aromatic heterocycles. The average molecular weight is 292 g/mol. The first kappa shape index (κ1) is 14.9. The van der Waals surface area contributed by atoms with E-state index in [1.54, 1.807) is 13.0 Å². The second kappa shape index (κ2) is 5.87. The van der Waals surface area contributed by atoms with Crippen molar-refractivity contribution in [1.29, 1.82) is 0 Å². The van der Waals surface area contributed by atoms with Crippen molar-refractivity contribution in [2.45, 2.75) is 18.9 Å².